The van der Waals surface area contributed by atoms with Crippen molar-refractivity contribution < 1.29 is 4.74 Å². The SMILES string of the molecule is CCCC(C)C(N)C1=CCCCO1. The summed E-state index contributed by atoms with van der Waals surface area (Å²) in [5.41, 5.74) is 6.08. The average Bonchev–Trinajstić information content (AvgIpc) is 2.18. The van der Waals surface area contributed by atoms with E-state index in [1.165, 1.54) is 12.8 Å². The first-order valence-electron chi connectivity index (χ1n) is 5.34. The van der Waals surface area contributed by atoms with Crippen LogP contribution in [0.5, 0.6) is 0 Å². The van der Waals surface area contributed by atoms with Gasteiger partial charge >= 0.3 is 0 Å². The maximum Gasteiger partial charge on any atom is 0.109 e. The van der Waals surface area contributed by atoms with E-state index in [1.807, 2.05) is 0 Å². The van der Waals surface area contributed by atoms with Gasteiger partial charge in [-0.3, -0.25) is 0 Å². The molecule has 2 atom stereocenters. The summed E-state index contributed by atoms with van der Waals surface area (Å²) in [7, 11) is 0. The second-order valence-electron chi connectivity index (χ2n) is 3.89. The largest absolute Gasteiger partial charge is 0.497 e. The van der Waals surface area contributed by atoms with Crippen molar-refractivity contribution in [3.8, 4) is 0 Å². The van der Waals surface area contributed by atoms with E-state index in [1.54, 1.807) is 0 Å². The zero-order valence-electron chi connectivity index (χ0n) is 8.75. The maximum absolute atomic E-state index is 6.08. The van der Waals surface area contributed by atoms with Crippen LogP contribution in [0, 0.1) is 5.92 Å². The zero-order chi connectivity index (χ0) is 9.68. The van der Waals surface area contributed by atoms with Crippen LogP contribution in [-0.4, -0.2) is 12.6 Å². The summed E-state index contributed by atoms with van der Waals surface area (Å²) < 4.78 is 5.54. The summed E-state index contributed by atoms with van der Waals surface area (Å²) in [5.74, 6) is 1.56. The third-order valence-electron chi connectivity index (χ3n) is 2.65. The highest BCUT2D eigenvalue weighted by atomic mass is 16.5. The first kappa shape index (κ1) is 10.6. The van der Waals surface area contributed by atoms with Gasteiger partial charge in [0.05, 0.1) is 12.6 Å². The molecule has 0 bridgehead atoms. The fraction of sp³-hybridized carbons (Fsp3) is 0.818. The normalized spacial score (nSPS) is 21.6. The second kappa shape index (κ2) is 5.28. The standard InChI is InChI=1S/C11H21NO/c1-3-6-9(2)11(12)10-7-4-5-8-13-10/h7,9,11H,3-6,8,12H2,1-2H3. The fourth-order valence-electron chi connectivity index (χ4n) is 1.72. The Morgan fingerprint density at radius 1 is 1.62 bits per heavy atom. The quantitative estimate of drug-likeness (QED) is 0.726. The molecule has 0 aliphatic carbocycles. The summed E-state index contributed by atoms with van der Waals surface area (Å²) in [6.45, 7) is 5.24. The Balaban J connectivity index is 2.44. The topological polar surface area (TPSA) is 35.2 Å². The van der Waals surface area contributed by atoms with E-state index in [-0.39, 0.29) is 6.04 Å². The maximum atomic E-state index is 6.08. The molecule has 1 aliphatic rings. The Labute approximate surface area is 81.1 Å². The number of hydrogen-bond donors (Lipinski definition) is 1. The van der Waals surface area contributed by atoms with E-state index in [9.17, 15) is 0 Å². The van der Waals surface area contributed by atoms with Crippen LogP contribution >= 0.6 is 0 Å². The molecule has 2 N–H and O–H groups in total. The van der Waals surface area contributed by atoms with Crippen molar-refractivity contribution in [3.05, 3.63) is 11.8 Å². The van der Waals surface area contributed by atoms with E-state index < -0.39 is 0 Å². The molecule has 0 saturated carbocycles. The summed E-state index contributed by atoms with van der Waals surface area (Å²) >= 11 is 0. The van der Waals surface area contributed by atoms with Crippen molar-refractivity contribution in [2.45, 2.75) is 45.6 Å². The molecular weight excluding hydrogens is 162 g/mol. The van der Waals surface area contributed by atoms with Gasteiger partial charge in [-0.05, 0) is 31.3 Å². The Kier molecular flexibility index (Phi) is 4.29. The lowest BCUT2D eigenvalue weighted by molar-refractivity contribution is 0.162. The minimum Gasteiger partial charge on any atom is -0.497 e. The van der Waals surface area contributed by atoms with Crippen molar-refractivity contribution in [3.63, 3.8) is 0 Å². The zero-order valence-corrected chi connectivity index (χ0v) is 8.75. The van der Waals surface area contributed by atoms with Gasteiger partial charge in [-0.1, -0.05) is 20.3 Å². The van der Waals surface area contributed by atoms with E-state index in [4.69, 9.17) is 10.5 Å². The molecule has 0 saturated heterocycles. The molecule has 76 valence electrons. The third kappa shape index (κ3) is 3.03. The Hall–Kier alpha value is -0.500. The molecule has 0 aromatic rings. The Morgan fingerprint density at radius 2 is 2.38 bits per heavy atom. The number of allylic oxidation sites excluding steroid dienone is 1. The minimum absolute atomic E-state index is 0.111. The first-order chi connectivity index (χ1) is 6.25. The molecule has 13 heavy (non-hydrogen) atoms. The van der Waals surface area contributed by atoms with Crippen molar-refractivity contribution in [2.75, 3.05) is 6.61 Å². The molecule has 1 heterocycles. The molecule has 2 nitrogen and oxygen atoms in total. The van der Waals surface area contributed by atoms with Gasteiger partial charge in [0.2, 0.25) is 0 Å². The lowest BCUT2D eigenvalue weighted by atomic mass is 9.95. The predicted octanol–water partition coefficient (Wildman–Crippen LogP) is 2.44. The average molecular weight is 183 g/mol. The summed E-state index contributed by atoms with van der Waals surface area (Å²) in [4.78, 5) is 0. The van der Waals surface area contributed by atoms with Crippen molar-refractivity contribution >= 4 is 0 Å². The van der Waals surface area contributed by atoms with Crippen LogP contribution in [0.3, 0.4) is 0 Å². The Morgan fingerprint density at radius 3 is 2.92 bits per heavy atom. The highest BCUT2D eigenvalue weighted by Crippen LogP contribution is 2.20. The van der Waals surface area contributed by atoms with Gasteiger partial charge in [-0.15, -0.1) is 0 Å². The molecule has 0 aromatic heterocycles. The van der Waals surface area contributed by atoms with E-state index in [0.29, 0.717) is 5.92 Å². The summed E-state index contributed by atoms with van der Waals surface area (Å²) in [5, 5.41) is 0. The van der Waals surface area contributed by atoms with Crippen LogP contribution in [0.2, 0.25) is 0 Å². The van der Waals surface area contributed by atoms with Crippen LogP contribution in [0.4, 0.5) is 0 Å². The van der Waals surface area contributed by atoms with Gasteiger partial charge in [0, 0.05) is 0 Å². The first-order valence-corrected chi connectivity index (χ1v) is 5.34. The van der Waals surface area contributed by atoms with Gasteiger partial charge in [-0.2, -0.15) is 0 Å². The highest BCUT2D eigenvalue weighted by Gasteiger charge is 2.19. The molecular formula is C11H21NO. The smallest absolute Gasteiger partial charge is 0.109 e. The van der Waals surface area contributed by atoms with Gasteiger partial charge in [0.1, 0.15) is 5.76 Å². The monoisotopic (exact) mass is 183 g/mol. The van der Waals surface area contributed by atoms with Crippen LogP contribution in [-0.2, 0) is 4.74 Å². The van der Waals surface area contributed by atoms with Crippen LogP contribution in [0.25, 0.3) is 0 Å². The lowest BCUT2D eigenvalue weighted by Gasteiger charge is -2.25. The van der Waals surface area contributed by atoms with Crippen LogP contribution < -0.4 is 5.73 Å². The van der Waals surface area contributed by atoms with E-state index in [2.05, 4.69) is 19.9 Å². The van der Waals surface area contributed by atoms with Gasteiger partial charge in [-0.25, -0.2) is 0 Å². The van der Waals surface area contributed by atoms with Gasteiger partial charge in [0.15, 0.2) is 0 Å². The molecule has 0 radical (unpaired) electrons. The predicted molar refractivity (Wildman–Crippen MR) is 55.3 cm³/mol. The van der Waals surface area contributed by atoms with Crippen molar-refractivity contribution in [1.82, 2.24) is 0 Å². The molecule has 0 amide bonds. The number of nitrogens with two attached hydrogens (primary N) is 1. The number of rotatable bonds is 4. The molecule has 2 unspecified atom stereocenters. The van der Waals surface area contributed by atoms with Crippen LogP contribution in [0.15, 0.2) is 11.8 Å². The van der Waals surface area contributed by atoms with E-state index >= 15 is 0 Å². The van der Waals surface area contributed by atoms with Crippen molar-refractivity contribution in [2.24, 2.45) is 11.7 Å². The number of hydrogen-bond acceptors (Lipinski definition) is 2. The summed E-state index contributed by atoms with van der Waals surface area (Å²) in [6.07, 6.45) is 6.80. The molecule has 0 aromatic carbocycles. The minimum atomic E-state index is 0.111. The summed E-state index contributed by atoms with van der Waals surface area (Å²) in [6, 6.07) is 0.111. The molecule has 0 spiro atoms. The molecule has 0 fully saturated rings. The fourth-order valence-corrected chi connectivity index (χ4v) is 1.72. The van der Waals surface area contributed by atoms with E-state index in [0.717, 1.165) is 25.2 Å². The Bertz CT molecular complexity index is 177. The molecule has 1 rings (SSSR count). The molecule has 1 aliphatic heterocycles. The molecule has 2 heteroatoms. The van der Waals surface area contributed by atoms with Gasteiger partial charge in [0.25, 0.3) is 0 Å². The van der Waals surface area contributed by atoms with Gasteiger partial charge < -0.3 is 10.5 Å². The van der Waals surface area contributed by atoms with Crippen LogP contribution in [0.1, 0.15) is 39.5 Å². The lowest BCUT2D eigenvalue weighted by Crippen LogP contribution is -2.32. The highest BCUT2D eigenvalue weighted by molar-refractivity contribution is 5.05. The third-order valence-corrected chi connectivity index (χ3v) is 2.65. The number of ether oxygens (including phenoxy) is 1. The van der Waals surface area contributed by atoms with Crippen molar-refractivity contribution in [1.29, 1.82) is 0 Å². The second-order valence-corrected chi connectivity index (χ2v) is 3.89.